The number of aromatic nitrogens is 2. The van der Waals surface area contributed by atoms with Crippen molar-refractivity contribution in [2.75, 3.05) is 0 Å². The van der Waals surface area contributed by atoms with Crippen LogP contribution < -0.4 is 5.32 Å². The fourth-order valence-corrected chi connectivity index (χ4v) is 2.44. The second-order valence-corrected chi connectivity index (χ2v) is 6.20. The van der Waals surface area contributed by atoms with Gasteiger partial charge in [-0.05, 0) is 37.0 Å². The summed E-state index contributed by atoms with van der Waals surface area (Å²) in [5.41, 5.74) is 0.151. The minimum absolute atomic E-state index is 0.00731. The zero-order chi connectivity index (χ0) is 15.7. The van der Waals surface area contributed by atoms with Crippen LogP contribution in [0.4, 0.5) is 4.39 Å². The number of amides is 1. The first kappa shape index (κ1) is 14.7. The van der Waals surface area contributed by atoms with E-state index in [0.717, 1.165) is 12.8 Å². The predicted molar refractivity (Wildman–Crippen MR) is 78.0 cm³/mol. The summed E-state index contributed by atoms with van der Waals surface area (Å²) in [5.74, 6) is 0.703. The van der Waals surface area contributed by atoms with Gasteiger partial charge in [0, 0.05) is 11.0 Å². The van der Waals surface area contributed by atoms with E-state index in [-0.39, 0.29) is 29.6 Å². The fraction of sp³-hybridized carbons (Fsp3) is 0.438. The number of nitrogens with zero attached hydrogens (tertiary/aromatic N) is 2. The Balaban J connectivity index is 1.64. The summed E-state index contributed by atoms with van der Waals surface area (Å²) in [6, 6.07) is 5.94. The maximum absolute atomic E-state index is 13.2. The van der Waals surface area contributed by atoms with Crippen molar-refractivity contribution in [1.82, 2.24) is 15.5 Å². The number of carbonyl (C=O) groups is 1. The number of rotatable bonds is 5. The number of hydrogen-bond acceptors (Lipinski definition) is 4. The van der Waals surface area contributed by atoms with Crippen LogP contribution >= 0.6 is 0 Å². The molecule has 1 aliphatic rings. The standard InChI is InChI=1S/C16H18FN3O2/c1-16(2,11-6-7-11)15(21)18-9-13-19-14(22-20-13)10-4-3-5-12(17)8-10/h3-5,8,11H,6-7,9H2,1-2H3,(H,18,21). The maximum Gasteiger partial charge on any atom is 0.258 e. The van der Waals surface area contributed by atoms with Crippen LogP contribution in [0.15, 0.2) is 28.8 Å². The van der Waals surface area contributed by atoms with Crippen molar-refractivity contribution in [3.05, 3.63) is 35.9 Å². The Morgan fingerprint density at radius 3 is 2.91 bits per heavy atom. The van der Waals surface area contributed by atoms with Crippen molar-refractivity contribution in [3.8, 4) is 11.5 Å². The van der Waals surface area contributed by atoms with E-state index in [1.54, 1.807) is 12.1 Å². The summed E-state index contributed by atoms with van der Waals surface area (Å²) in [6.07, 6.45) is 2.21. The van der Waals surface area contributed by atoms with Crippen molar-refractivity contribution in [1.29, 1.82) is 0 Å². The highest BCUT2D eigenvalue weighted by Crippen LogP contribution is 2.45. The van der Waals surface area contributed by atoms with E-state index in [2.05, 4.69) is 15.5 Å². The Kier molecular flexibility index (Phi) is 3.68. The molecule has 1 fully saturated rings. The highest BCUT2D eigenvalue weighted by atomic mass is 19.1. The Hall–Kier alpha value is -2.24. The van der Waals surface area contributed by atoms with Gasteiger partial charge < -0.3 is 9.84 Å². The zero-order valence-corrected chi connectivity index (χ0v) is 12.6. The van der Waals surface area contributed by atoms with E-state index in [1.807, 2.05) is 13.8 Å². The SMILES string of the molecule is CC(C)(C(=O)NCc1noc(-c2cccc(F)c2)n1)C1CC1. The predicted octanol–water partition coefficient (Wildman–Crippen LogP) is 2.93. The van der Waals surface area contributed by atoms with Crippen molar-refractivity contribution < 1.29 is 13.7 Å². The van der Waals surface area contributed by atoms with Gasteiger partial charge in [0.2, 0.25) is 5.91 Å². The third kappa shape index (κ3) is 3.00. The molecule has 116 valence electrons. The molecule has 0 aliphatic heterocycles. The second kappa shape index (κ2) is 5.51. The van der Waals surface area contributed by atoms with Gasteiger partial charge >= 0.3 is 0 Å². The van der Waals surface area contributed by atoms with E-state index < -0.39 is 0 Å². The van der Waals surface area contributed by atoms with Crippen molar-refractivity contribution in [2.45, 2.75) is 33.2 Å². The Labute approximate surface area is 127 Å². The van der Waals surface area contributed by atoms with Crippen LogP contribution in [0.3, 0.4) is 0 Å². The molecule has 0 spiro atoms. The van der Waals surface area contributed by atoms with Gasteiger partial charge in [-0.25, -0.2) is 4.39 Å². The molecule has 1 saturated carbocycles. The van der Waals surface area contributed by atoms with E-state index >= 15 is 0 Å². The summed E-state index contributed by atoms with van der Waals surface area (Å²) in [6.45, 7) is 4.11. The molecular formula is C16H18FN3O2. The smallest absolute Gasteiger partial charge is 0.258 e. The molecule has 2 aromatic rings. The fourth-order valence-electron chi connectivity index (χ4n) is 2.44. The number of halogens is 1. The second-order valence-electron chi connectivity index (χ2n) is 6.20. The van der Waals surface area contributed by atoms with E-state index in [9.17, 15) is 9.18 Å². The highest BCUT2D eigenvalue weighted by molar-refractivity contribution is 5.82. The number of nitrogens with one attached hydrogen (secondary N) is 1. The van der Waals surface area contributed by atoms with E-state index in [1.165, 1.54) is 12.1 Å². The molecule has 1 aromatic heterocycles. The summed E-state index contributed by atoms with van der Waals surface area (Å²) in [5, 5.41) is 6.65. The van der Waals surface area contributed by atoms with Gasteiger partial charge in [-0.15, -0.1) is 0 Å². The summed E-state index contributed by atoms with van der Waals surface area (Å²) in [4.78, 5) is 16.4. The molecule has 0 bridgehead atoms. The van der Waals surface area contributed by atoms with Crippen LogP contribution in [0.2, 0.25) is 0 Å². The minimum Gasteiger partial charge on any atom is -0.348 e. The average Bonchev–Trinajstić information content (AvgIpc) is 3.24. The maximum atomic E-state index is 13.2. The molecule has 0 atom stereocenters. The first-order valence-corrected chi connectivity index (χ1v) is 7.33. The largest absolute Gasteiger partial charge is 0.348 e. The lowest BCUT2D eigenvalue weighted by Crippen LogP contribution is -2.38. The van der Waals surface area contributed by atoms with Gasteiger partial charge in [0.25, 0.3) is 5.89 Å². The van der Waals surface area contributed by atoms with E-state index in [4.69, 9.17) is 4.52 Å². The van der Waals surface area contributed by atoms with Crippen molar-refractivity contribution in [2.24, 2.45) is 11.3 Å². The van der Waals surface area contributed by atoms with Crippen LogP contribution in [0.1, 0.15) is 32.5 Å². The molecule has 0 unspecified atom stereocenters. The molecule has 1 aliphatic carbocycles. The Bertz CT molecular complexity index is 692. The van der Waals surface area contributed by atoms with Gasteiger partial charge in [-0.3, -0.25) is 4.79 Å². The number of hydrogen-bond donors (Lipinski definition) is 1. The molecule has 0 saturated heterocycles. The normalized spacial score (nSPS) is 14.9. The lowest BCUT2D eigenvalue weighted by atomic mass is 9.86. The average molecular weight is 303 g/mol. The van der Waals surface area contributed by atoms with Crippen LogP contribution in [0, 0.1) is 17.2 Å². The summed E-state index contributed by atoms with van der Waals surface area (Å²) < 4.78 is 18.3. The van der Waals surface area contributed by atoms with Crippen LogP contribution in [0.5, 0.6) is 0 Å². The van der Waals surface area contributed by atoms with Crippen molar-refractivity contribution in [3.63, 3.8) is 0 Å². The lowest BCUT2D eigenvalue weighted by molar-refractivity contribution is -0.130. The number of carbonyl (C=O) groups excluding carboxylic acids is 1. The molecule has 1 N–H and O–H groups in total. The first-order valence-electron chi connectivity index (χ1n) is 7.33. The van der Waals surface area contributed by atoms with Gasteiger partial charge in [0.1, 0.15) is 5.82 Å². The summed E-state index contributed by atoms with van der Waals surface area (Å²) >= 11 is 0. The molecule has 22 heavy (non-hydrogen) atoms. The van der Waals surface area contributed by atoms with Crippen LogP contribution in [-0.2, 0) is 11.3 Å². The Morgan fingerprint density at radius 2 is 2.23 bits per heavy atom. The molecule has 3 rings (SSSR count). The topological polar surface area (TPSA) is 68.0 Å². The Morgan fingerprint density at radius 1 is 1.45 bits per heavy atom. The number of benzene rings is 1. The van der Waals surface area contributed by atoms with Gasteiger partial charge in [-0.2, -0.15) is 4.98 Å². The van der Waals surface area contributed by atoms with Crippen LogP contribution in [-0.4, -0.2) is 16.0 Å². The van der Waals surface area contributed by atoms with E-state index in [0.29, 0.717) is 17.3 Å². The molecule has 5 nitrogen and oxygen atoms in total. The molecular weight excluding hydrogens is 285 g/mol. The minimum atomic E-state index is -0.366. The van der Waals surface area contributed by atoms with Crippen LogP contribution in [0.25, 0.3) is 11.5 Å². The molecule has 1 amide bonds. The quantitative estimate of drug-likeness (QED) is 0.922. The lowest BCUT2D eigenvalue weighted by Gasteiger charge is -2.22. The highest BCUT2D eigenvalue weighted by Gasteiger charge is 2.43. The third-order valence-corrected chi connectivity index (χ3v) is 4.13. The first-order chi connectivity index (χ1) is 10.5. The third-order valence-electron chi connectivity index (χ3n) is 4.13. The monoisotopic (exact) mass is 303 g/mol. The van der Waals surface area contributed by atoms with Gasteiger partial charge in [0.05, 0.1) is 6.54 Å². The van der Waals surface area contributed by atoms with Gasteiger partial charge in [0.15, 0.2) is 5.82 Å². The molecule has 6 heteroatoms. The zero-order valence-electron chi connectivity index (χ0n) is 12.6. The molecule has 1 aromatic carbocycles. The van der Waals surface area contributed by atoms with Crippen molar-refractivity contribution >= 4 is 5.91 Å². The molecule has 0 radical (unpaired) electrons. The van der Waals surface area contributed by atoms with Gasteiger partial charge in [-0.1, -0.05) is 25.1 Å². The molecule has 1 heterocycles. The summed E-state index contributed by atoms with van der Waals surface area (Å²) in [7, 11) is 0.